The van der Waals surface area contributed by atoms with Crippen molar-refractivity contribution in [3.63, 3.8) is 0 Å². The Labute approximate surface area is 160 Å². The van der Waals surface area contributed by atoms with E-state index in [1.54, 1.807) is 29.7 Å². The molecule has 0 spiro atoms. The number of hydrogen-bond donors (Lipinski definition) is 1. The first-order valence-electron chi connectivity index (χ1n) is 8.14. The lowest BCUT2D eigenvalue weighted by atomic mass is 10.2. The largest absolute Gasteiger partial charge is 0.348 e. The van der Waals surface area contributed by atoms with Crippen LogP contribution in [0.2, 0.25) is 5.02 Å². The van der Waals surface area contributed by atoms with Crippen molar-refractivity contribution in [2.45, 2.75) is 13.1 Å². The maximum atomic E-state index is 12.8. The predicted octanol–water partition coefficient (Wildman–Crippen LogP) is 3.25. The van der Waals surface area contributed by atoms with Gasteiger partial charge in [0.25, 0.3) is 5.91 Å². The van der Waals surface area contributed by atoms with Gasteiger partial charge in [0, 0.05) is 36.2 Å². The third-order valence-corrected chi connectivity index (χ3v) is 5.44. The molecular weight excluding hydrogens is 370 g/mol. The normalized spacial score (nSPS) is 11.3. The van der Waals surface area contributed by atoms with Gasteiger partial charge in [-0.15, -0.1) is 11.3 Å². The van der Waals surface area contributed by atoms with Gasteiger partial charge in [-0.25, -0.2) is 0 Å². The average molecular weight is 390 g/mol. The van der Waals surface area contributed by atoms with Gasteiger partial charge in [0.1, 0.15) is 10.4 Å². The van der Waals surface area contributed by atoms with Crippen LogP contribution in [0.15, 0.2) is 41.3 Å². The highest BCUT2D eigenvalue weighted by Crippen LogP contribution is 2.24. The number of aryl methyl sites for hydroxylation is 1. The van der Waals surface area contributed by atoms with Gasteiger partial charge in [-0.3, -0.25) is 9.59 Å². The molecule has 136 valence electrons. The van der Waals surface area contributed by atoms with Crippen LogP contribution in [0, 0.1) is 0 Å². The highest BCUT2D eigenvalue weighted by atomic mass is 35.5. The second kappa shape index (κ2) is 7.61. The van der Waals surface area contributed by atoms with Crippen molar-refractivity contribution < 1.29 is 4.79 Å². The number of halogens is 1. The fourth-order valence-electron chi connectivity index (χ4n) is 2.74. The Kier molecular flexibility index (Phi) is 5.46. The van der Waals surface area contributed by atoms with Crippen LogP contribution in [0.1, 0.15) is 20.8 Å². The number of carbonyl (C=O) groups is 1. The van der Waals surface area contributed by atoms with E-state index in [2.05, 4.69) is 10.2 Å². The first kappa shape index (κ1) is 18.6. The lowest BCUT2D eigenvalue weighted by Crippen LogP contribution is -2.29. The fourth-order valence-corrected chi connectivity index (χ4v) is 4.08. The summed E-state index contributed by atoms with van der Waals surface area (Å²) in [5.74, 6) is -0.372. The van der Waals surface area contributed by atoms with Gasteiger partial charge < -0.3 is 14.8 Å². The molecule has 3 aromatic rings. The van der Waals surface area contributed by atoms with Crippen molar-refractivity contribution in [1.82, 2.24) is 14.8 Å². The number of nitrogens with zero attached hydrogens (tertiary/aromatic N) is 2. The molecule has 0 saturated heterocycles. The number of hydrogen-bond acceptors (Lipinski definition) is 4. The van der Waals surface area contributed by atoms with E-state index in [1.165, 1.54) is 0 Å². The summed E-state index contributed by atoms with van der Waals surface area (Å²) in [5, 5.41) is 4.04. The van der Waals surface area contributed by atoms with Crippen LogP contribution in [0.3, 0.4) is 0 Å². The monoisotopic (exact) mass is 389 g/mol. The minimum Gasteiger partial charge on any atom is -0.348 e. The van der Waals surface area contributed by atoms with E-state index >= 15 is 0 Å². The summed E-state index contributed by atoms with van der Waals surface area (Å²) in [5.41, 5.74) is 0.848. The molecule has 1 aromatic carbocycles. The average Bonchev–Trinajstić information content (AvgIpc) is 3.01. The van der Waals surface area contributed by atoms with Crippen LogP contribution in [0.25, 0.3) is 10.2 Å². The number of nitrogens with one attached hydrogen (secondary N) is 1. The molecule has 2 aromatic heterocycles. The van der Waals surface area contributed by atoms with Gasteiger partial charge >= 0.3 is 0 Å². The minimum absolute atomic E-state index is 0.156. The number of amides is 1. The third kappa shape index (κ3) is 3.98. The molecule has 0 bridgehead atoms. The maximum Gasteiger partial charge on any atom is 0.257 e. The van der Waals surface area contributed by atoms with Gasteiger partial charge in [-0.2, -0.15) is 0 Å². The molecule has 1 amide bonds. The van der Waals surface area contributed by atoms with Gasteiger partial charge in [0.2, 0.25) is 5.43 Å². The molecule has 0 aliphatic heterocycles. The summed E-state index contributed by atoms with van der Waals surface area (Å²) in [4.78, 5) is 29.3. The zero-order valence-electron chi connectivity index (χ0n) is 14.9. The third-order valence-electron chi connectivity index (χ3n) is 3.98. The first-order chi connectivity index (χ1) is 12.3. The molecule has 0 aliphatic rings. The SMILES string of the molecule is CN(C)Cc1cc2c(=O)c(C(=O)NCc3ccc(Cl)cc3)cn(C)c2s1. The second-order valence-corrected chi connectivity index (χ2v) is 8.01. The molecule has 26 heavy (non-hydrogen) atoms. The van der Waals surface area contributed by atoms with Crippen LogP contribution >= 0.6 is 22.9 Å². The van der Waals surface area contributed by atoms with E-state index in [0.29, 0.717) is 17.0 Å². The number of pyridine rings is 1. The number of rotatable bonds is 5. The standard InChI is InChI=1S/C19H20ClN3O2S/c1-22(2)10-14-8-15-17(24)16(11-23(3)19(15)26-14)18(25)21-9-12-4-6-13(20)7-5-12/h4-8,11H,9-10H2,1-3H3,(H,21,25). The Morgan fingerprint density at radius 1 is 1.27 bits per heavy atom. The summed E-state index contributed by atoms with van der Waals surface area (Å²) in [6.07, 6.45) is 1.61. The molecule has 0 saturated carbocycles. The summed E-state index contributed by atoms with van der Waals surface area (Å²) in [6, 6.07) is 9.11. The zero-order chi connectivity index (χ0) is 18.8. The van der Waals surface area contributed by atoms with Crippen molar-refractivity contribution in [2.24, 2.45) is 7.05 Å². The Morgan fingerprint density at radius 2 is 1.96 bits per heavy atom. The minimum atomic E-state index is -0.372. The molecule has 1 N–H and O–H groups in total. The highest BCUT2D eigenvalue weighted by molar-refractivity contribution is 7.18. The Hall–Kier alpha value is -2.15. The second-order valence-electron chi connectivity index (χ2n) is 6.46. The maximum absolute atomic E-state index is 12.8. The lowest BCUT2D eigenvalue weighted by Gasteiger charge is -2.08. The van der Waals surface area contributed by atoms with E-state index in [9.17, 15) is 9.59 Å². The number of thiophene rings is 1. The van der Waals surface area contributed by atoms with Gasteiger partial charge in [0.15, 0.2) is 0 Å². The van der Waals surface area contributed by atoms with Crippen LogP contribution in [-0.2, 0) is 20.1 Å². The quantitative estimate of drug-likeness (QED) is 0.728. The molecule has 0 aliphatic carbocycles. The van der Waals surface area contributed by atoms with E-state index in [1.807, 2.05) is 43.9 Å². The summed E-state index contributed by atoms with van der Waals surface area (Å²) < 4.78 is 1.85. The topological polar surface area (TPSA) is 54.3 Å². The summed E-state index contributed by atoms with van der Waals surface area (Å²) in [6.45, 7) is 1.10. The molecule has 0 radical (unpaired) electrons. The lowest BCUT2D eigenvalue weighted by molar-refractivity contribution is 0.0949. The fraction of sp³-hybridized carbons (Fsp3) is 0.263. The summed E-state index contributed by atoms with van der Waals surface area (Å²) in [7, 11) is 5.82. The van der Waals surface area contributed by atoms with Crippen molar-refractivity contribution in [1.29, 1.82) is 0 Å². The van der Waals surface area contributed by atoms with Crippen molar-refractivity contribution in [3.8, 4) is 0 Å². The molecule has 0 unspecified atom stereocenters. The number of carbonyl (C=O) groups excluding carboxylic acids is 1. The molecule has 0 fully saturated rings. The van der Waals surface area contributed by atoms with Gasteiger partial charge in [-0.1, -0.05) is 23.7 Å². The highest BCUT2D eigenvalue weighted by Gasteiger charge is 2.16. The molecule has 0 atom stereocenters. The van der Waals surface area contributed by atoms with E-state index in [-0.39, 0.29) is 16.9 Å². The van der Waals surface area contributed by atoms with Crippen LogP contribution in [0.5, 0.6) is 0 Å². The number of aromatic nitrogens is 1. The summed E-state index contributed by atoms with van der Waals surface area (Å²) >= 11 is 7.44. The van der Waals surface area contributed by atoms with Gasteiger partial charge in [-0.05, 0) is 37.9 Å². The van der Waals surface area contributed by atoms with Crippen LogP contribution in [0.4, 0.5) is 0 Å². The number of benzene rings is 1. The molecule has 3 rings (SSSR count). The van der Waals surface area contributed by atoms with E-state index in [0.717, 1.165) is 21.8 Å². The number of fused-ring (bicyclic) bond motifs is 1. The predicted molar refractivity (Wildman–Crippen MR) is 107 cm³/mol. The first-order valence-corrected chi connectivity index (χ1v) is 9.34. The Morgan fingerprint density at radius 3 is 2.62 bits per heavy atom. The van der Waals surface area contributed by atoms with Crippen molar-refractivity contribution >= 4 is 39.1 Å². The molecule has 2 heterocycles. The van der Waals surface area contributed by atoms with Crippen molar-refractivity contribution in [2.75, 3.05) is 14.1 Å². The molecule has 5 nitrogen and oxygen atoms in total. The molecular formula is C19H20ClN3O2S. The van der Waals surface area contributed by atoms with Crippen LogP contribution in [-0.4, -0.2) is 29.5 Å². The van der Waals surface area contributed by atoms with E-state index < -0.39 is 0 Å². The van der Waals surface area contributed by atoms with E-state index in [4.69, 9.17) is 11.6 Å². The Bertz CT molecular complexity index is 1010. The molecule has 7 heteroatoms. The van der Waals surface area contributed by atoms with Gasteiger partial charge in [0.05, 0.1) is 5.39 Å². The van der Waals surface area contributed by atoms with Crippen molar-refractivity contribution in [3.05, 3.63) is 67.8 Å². The zero-order valence-corrected chi connectivity index (χ0v) is 16.4. The van der Waals surface area contributed by atoms with Crippen LogP contribution < -0.4 is 10.7 Å². The Balaban J connectivity index is 1.86. The smallest absolute Gasteiger partial charge is 0.257 e.